The summed E-state index contributed by atoms with van der Waals surface area (Å²) in [7, 11) is -2.03. The highest BCUT2D eigenvalue weighted by Gasteiger charge is 2.27. The molecule has 1 heterocycles. The van der Waals surface area contributed by atoms with E-state index in [2.05, 4.69) is 4.98 Å². The average molecular weight is 267 g/mol. The molecule has 5 nitrogen and oxygen atoms in total. The van der Waals surface area contributed by atoms with Crippen LogP contribution >= 0.6 is 0 Å². The van der Waals surface area contributed by atoms with Gasteiger partial charge in [-0.05, 0) is 18.6 Å². The molecular weight excluding hydrogens is 250 g/mol. The van der Waals surface area contributed by atoms with Gasteiger partial charge in [-0.15, -0.1) is 0 Å². The third-order valence-electron chi connectivity index (χ3n) is 2.72. The van der Waals surface area contributed by atoms with E-state index in [0.717, 1.165) is 5.69 Å². The van der Waals surface area contributed by atoms with Gasteiger partial charge in [0.05, 0.1) is 6.07 Å². The molecule has 0 aromatic carbocycles. The number of pyridine rings is 1. The lowest BCUT2D eigenvalue weighted by molar-refractivity contribution is 0.464. The Kier molecular flexibility index (Phi) is 5.25. The molecule has 0 amide bonds. The largest absolute Gasteiger partial charge is 0.261 e. The van der Waals surface area contributed by atoms with Crippen molar-refractivity contribution in [3.63, 3.8) is 0 Å². The summed E-state index contributed by atoms with van der Waals surface area (Å²) in [6, 6.07) is 7.35. The van der Waals surface area contributed by atoms with Crippen LogP contribution in [-0.2, 0) is 16.4 Å². The molecule has 0 saturated heterocycles. The monoisotopic (exact) mass is 267 g/mol. The Balaban J connectivity index is 2.66. The lowest BCUT2D eigenvalue weighted by Gasteiger charge is -2.19. The van der Waals surface area contributed by atoms with Gasteiger partial charge in [-0.2, -0.15) is 5.26 Å². The Morgan fingerprint density at radius 3 is 2.72 bits per heavy atom. The van der Waals surface area contributed by atoms with E-state index in [1.807, 2.05) is 24.3 Å². The van der Waals surface area contributed by atoms with Gasteiger partial charge < -0.3 is 0 Å². The minimum Gasteiger partial charge on any atom is -0.261 e. The lowest BCUT2D eigenvalue weighted by atomic mass is 10.3. The van der Waals surface area contributed by atoms with E-state index < -0.39 is 15.3 Å². The SMILES string of the molecule is CCC(C#N)S(=O)(=O)N(C)CCc1ccccn1. The fourth-order valence-electron chi connectivity index (χ4n) is 1.53. The fourth-order valence-corrected chi connectivity index (χ4v) is 2.87. The summed E-state index contributed by atoms with van der Waals surface area (Å²) in [4.78, 5) is 4.13. The number of hydrogen-bond acceptors (Lipinski definition) is 4. The van der Waals surface area contributed by atoms with Gasteiger partial charge in [0.1, 0.15) is 0 Å². The molecule has 18 heavy (non-hydrogen) atoms. The molecule has 0 aliphatic heterocycles. The summed E-state index contributed by atoms with van der Waals surface area (Å²) in [5, 5.41) is 7.86. The predicted molar refractivity (Wildman–Crippen MR) is 69.2 cm³/mol. The topological polar surface area (TPSA) is 74.1 Å². The quantitative estimate of drug-likeness (QED) is 0.776. The smallest absolute Gasteiger partial charge is 0.230 e. The van der Waals surface area contributed by atoms with Crippen LogP contribution in [0.25, 0.3) is 0 Å². The zero-order chi connectivity index (χ0) is 13.6. The Labute approximate surface area is 108 Å². The molecule has 0 spiro atoms. The van der Waals surface area contributed by atoms with Crippen LogP contribution in [0.4, 0.5) is 0 Å². The highest BCUT2D eigenvalue weighted by atomic mass is 32.2. The minimum absolute atomic E-state index is 0.298. The van der Waals surface area contributed by atoms with Crippen molar-refractivity contribution >= 4 is 10.0 Å². The van der Waals surface area contributed by atoms with Crippen LogP contribution in [0.2, 0.25) is 0 Å². The average Bonchev–Trinajstić information content (AvgIpc) is 2.38. The van der Waals surface area contributed by atoms with Crippen LogP contribution < -0.4 is 0 Å². The van der Waals surface area contributed by atoms with Gasteiger partial charge in [-0.25, -0.2) is 12.7 Å². The third-order valence-corrected chi connectivity index (χ3v) is 4.93. The van der Waals surface area contributed by atoms with Gasteiger partial charge in [-0.1, -0.05) is 13.0 Å². The van der Waals surface area contributed by atoms with Gasteiger partial charge in [0.25, 0.3) is 0 Å². The van der Waals surface area contributed by atoms with Crippen LogP contribution in [0.15, 0.2) is 24.4 Å². The highest BCUT2D eigenvalue weighted by Crippen LogP contribution is 2.10. The number of aromatic nitrogens is 1. The van der Waals surface area contributed by atoms with Gasteiger partial charge >= 0.3 is 0 Å². The molecule has 0 N–H and O–H groups in total. The van der Waals surface area contributed by atoms with E-state index in [9.17, 15) is 8.42 Å². The predicted octanol–water partition coefficient (Wildman–Crippen LogP) is 1.19. The first-order chi connectivity index (χ1) is 8.52. The molecule has 0 radical (unpaired) electrons. The third kappa shape index (κ3) is 3.52. The Bertz CT molecular complexity index is 508. The molecule has 1 aromatic heterocycles. The molecule has 0 aliphatic rings. The standard InChI is InChI=1S/C12H17N3O2S/c1-3-12(10-13)18(16,17)15(2)9-7-11-6-4-5-8-14-11/h4-6,8,12H,3,7,9H2,1-2H3. The van der Waals surface area contributed by atoms with Crippen molar-refractivity contribution in [2.75, 3.05) is 13.6 Å². The molecule has 1 atom stereocenters. The maximum absolute atomic E-state index is 12.0. The summed E-state index contributed by atoms with van der Waals surface area (Å²) < 4.78 is 25.2. The highest BCUT2D eigenvalue weighted by molar-refractivity contribution is 7.89. The first-order valence-corrected chi connectivity index (χ1v) is 7.27. The number of nitrogens with zero attached hydrogens (tertiary/aromatic N) is 3. The van der Waals surface area contributed by atoms with Crippen molar-refractivity contribution in [1.82, 2.24) is 9.29 Å². The van der Waals surface area contributed by atoms with E-state index >= 15 is 0 Å². The number of sulfonamides is 1. The molecule has 0 fully saturated rings. The molecule has 0 bridgehead atoms. The molecule has 1 rings (SSSR count). The van der Waals surface area contributed by atoms with E-state index in [1.54, 1.807) is 13.1 Å². The van der Waals surface area contributed by atoms with Crippen LogP contribution in [-0.4, -0.2) is 36.5 Å². The Morgan fingerprint density at radius 2 is 2.22 bits per heavy atom. The maximum atomic E-state index is 12.0. The van der Waals surface area contributed by atoms with E-state index in [4.69, 9.17) is 5.26 Å². The van der Waals surface area contributed by atoms with Crippen molar-refractivity contribution in [2.24, 2.45) is 0 Å². The number of hydrogen-bond donors (Lipinski definition) is 0. The molecular formula is C12H17N3O2S. The summed E-state index contributed by atoms with van der Waals surface area (Å²) in [6.07, 6.45) is 2.51. The van der Waals surface area contributed by atoms with E-state index in [0.29, 0.717) is 19.4 Å². The second kappa shape index (κ2) is 6.47. The second-order valence-corrected chi connectivity index (χ2v) is 6.19. The molecule has 98 valence electrons. The minimum atomic E-state index is -3.53. The summed E-state index contributed by atoms with van der Waals surface area (Å²) in [5.74, 6) is 0. The van der Waals surface area contributed by atoms with Crippen LogP contribution in [0.1, 0.15) is 19.0 Å². The lowest BCUT2D eigenvalue weighted by Crippen LogP contribution is -2.36. The Morgan fingerprint density at radius 1 is 1.50 bits per heavy atom. The van der Waals surface area contributed by atoms with Crippen molar-refractivity contribution < 1.29 is 8.42 Å². The number of likely N-dealkylation sites (N-methyl/N-ethyl adjacent to an activating group) is 1. The van der Waals surface area contributed by atoms with Crippen molar-refractivity contribution in [3.8, 4) is 6.07 Å². The van der Waals surface area contributed by atoms with Crippen molar-refractivity contribution in [2.45, 2.75) is 25.0 Å². The van der Waals surface area contributed by atoms with E-state index in [1.165, 1.54) is 11.4 Å². The first-order valence-electron chi connectivity index (χ1n) is 5.77. The molecule has 1 aromatic rings. The van der Waals surface area contributed by atoms with Gasteiger partial charge in [0.15, 0.2) is 5.25 Å². The zero-order valence-corrected chi connectivity index (χ0v) is 11.4. The van der Waals surface area contributed by atoms with Crippen LogP contribution in [0.5, 0.6) is 0 Å². The summed E-state index contributed by atoms with van der Waals surface area (Å²) in [5.41, 5.74) is 0.838. The van der Waals surface area contributed by atoms with Gasteiger partial charge in [0, 0.05) is 31.9 Å². The number of nitriles is 1. The zero-order valence-electron chi connectivity index (χ0n) is 10.6. The van der Waals surface area contributed by atoms with Crippen molar-refractivity contribution in [3.05, 3.63) is 30.1 Å². The Hall–Kier alpha value is -1.45. The van der Waals surface area contributed by atoms with Crippen LogP contribution in [0.3, 0.4) is 0 Å². The second-order valence-electron chi connectivity index (χ2n) is 3.96. The van der Waals surface area contributed by atoms with E-state index in [-0.39, 0.29) is 0 Å². The maximum Gasteiger partial charge on any atom is 0.230 e. The normalized spacial score (nSPS) is 13.2. The van der Waals surface area contributed by atoms with Crippen molar-refractivity contribution in [1.29, 1.82) is 5.26 Å². The van der Waals surface area contributed by atoms with Crippen LogP contribution in [0, 0.1) is 11.3 Å². The summed E-state index contributed by atoms with van der Waals surface area (Å²) >= 11 is 0. The first kappa shape index (κ1) is 14.6. The molecule has 0 aliphatic carbocycles. The van der Waals surface area contributed by atoms with Gasteiger partial charge in [-0.3, -0.25) is 4.98 Å². The van der Waals surface area contributed by atoms with Gasteiger partial charge in [0.2, 0.25) is 10.0 Å². The number of rotatable bonds is 6. The molecule has 6 heteroatoms. The summed E-state index contributed by atoms with van der Waals surface area (Å²) in [6.45, 7) is 2.02. The molecule has 1 unspecified atom stereocenters. The fraction of sp³-hybridized carbons (Fsp3) is 0.500. The molecule has 0 saturated carbocycles.